The number of fused-ring (bicyclic) bond motifs is 1. The molecule has 3 nitrogen and oxygen atoms in total. The standard InChI is InChI=1S/C14H20N2O/c17-14(11-16-7-5-15-6-8-16)9-12-3-1-2-4-13(12)10-14/h1-4,15,17H,5-11H2. The molecule has 1 saturated heterocycles. The van der Waals surface area contributed by atoms with Gasteiger partial charge in [0.1, 0.15) is 0 Å². The van der Waals surface area contributed by atoms with Crippen LogP contribution in [-0.4, -0.2) is 48.3 Å². The van der Waals surface area contributed by atoms with Crippen molar-refractivity contribution in [3.63, 3.8) is 0 Å². The van der Waals surface area contributed by atoms with Gasteiger partial charge < -0.3 is 10.4 Å². The summed E-state index contributed by atoms with van der Waals surface area (Å²) in [6, 6.07) is 8.42. The molecule has 2 N–H and O–H groups in total. The summed E-state index contributed by atoms with van der Waals surface area (Å²) in [6.07, 6.45) is 1.63. The normalized spacial score (nSPS) is 23.6. The van der Waals surface area contributed by atoms with Gasteiger partial charge in [-0.3, -0.25) is 4.90 Å². The van der Waals surface area contributed by atoms with Gasteiger partial charge >= 0.3 is 0 Å². The van der Waals surface area contributed by atoms with Gasteiger partial charge in [-0.1, -0.05) is 24.3 Å². The van der Waals surface area contributed by atoms with E-state index >= 15 is 0 Å². The van der Waals surface area contributed by atoms with Crippen LogP contribution in [0.5, 0.6) is 0 Å². The zero-order valence-electron chi connectivity index (χ0n) is 10.2. The van der Waals surface area contributed by atoms with Crippen LogP contribution in [0.25, 0.3) is 0 Å². The second-order valence-corrected chi connectivity index (χ2v) is 5.37. The summed E-state index contributed by atoms with van der Waals surface area (Å²) in [4.78, 5) is 2.38. The van der Waals surface area contributed by atoms with Gasteiger partial charge in [-0.15, -0.1) is 0 Å². The predicted octanol–water partition coefficient (Wildman–Crippen LogP) is 0.421. The number of hydrogen-bond donors (Lipinski definition) is 2. The molecule has 0 aromatic heterocycles. The molecule has 1 aliphatic carbocycles. The molecule has 3 rings (SSSR count). The number of rotatable bonds is 2. The molecule has 0 atom stereocenters. The highest BCUT2D eigenvalue weighted by Crippen LogP contribution is 2.30. The van der Waals surface area contributed by atoms with Crippen molar-refractivity contribution < 1.29 is 5.11 Å². The van der Waals surface area contributed by atoms with E-state index in [4.69, 9.17) is 0 Å². The molecule has 0 amide bonds. The lowest BCUT2D eigenvalue weighted by Gasteiger charge is -2.34. The molecule has 17 heavy (non-hydrogen) atoms. The second kappa shape index (κ2) is 4.41. The van der Waals surface area contributed by atoms with Crippen LogP contribution in [0, 0.1) is 0 Å². The van der Waals surface area contributed by atoms with Crippen molar-refractivity contribution in [1.29, 1.82) is 0 Å². The largest absolute Gasteiger partial charge is 0.388 e. The molecule has 0 radical (unpaired) electrons. The monoisotopic (exact) mass is 232 g/mol. The van der Waals surface area contributed by atoms with Gasteiger partial charge in [0.15, 0.2) is 0 Å². The first-order valence-corrected chi connectivity index (χ1v) is 6.47. The van der Waals surface area contributed by atoms with Crippen LogP contribution in [0.3, 0.4) is 0 Å². The van der Waals surface area contributed by atoms with Gasteiger partial charge in [0, 0.05) is 45.6 Å². The van der Waals surface area contributed by atoms with Crippen molar-refractivity contribution >= 4 is 0 Å². The fourth-order valence-corrected chi connectivity index (χ4v) is 3.07. The average Bonchev–Trinajstić information content (AvgIpc) is 2.66. The quantitative estimate of drug-likeness (QED) is 0.776. The third-order valence-electron chi connectivity index (χ3n) is 3.88. The van der Waals surface area contributed by atoms with E-state index in [1.807, 2.05) is 0 Å². The Morgan fingerprint density at radius 3 is 2.29 bits per heavy atom. The molecule has 1 aliphatic heterocycles. The summed E-state index contributed by atoms with van der Waals surface area (Å²) < 4.78 is 0. The Bertz CT molecular complexity index is 374. The third-order valence-corrected chi connectivity index (χ3v) is 3.88. The minimum absolute atomic E-state index is 0.541. The molecule has 1 fully saturated rings. The van der Waals surface area contributed by atoms with E-state index < -0.39 is 5.60 Å². The Hall–Kier alpha value is -0.900. The Balaban J connectivity index is 1.68. The van der Waals surface area contributed by atoms with Crippen molar-refractivity contribution in [1.82, 2.24) is 10.2 Å². The number of hydrogen-bond acceptors (Lipinski definition) is 3. The number of piperazine rings is 1. The smallest absolute Gasteiger partial charge is 0.0854 e. The van der Waals surface area contributed by atoms with Gasteiger partial charge in [0.25, 0.3) is 0 Å². The van der Waals surface area contributed by atoms with Crippen LogP contribution >= 0.6 is 0 Å². The summed E-state index contributed by atoms with van der Waals surface area (Å²) in [5.74, 6) is 0. The van der Waals surface area contributed by atoms with Crippen molar-refractivity contribution in [2.75, 3.05) is 32.7 Å². The number of benzene rings is 1. The summed E-state index contributed by atoms with van der Waals surface area (Å²) in [7, 11) is 0. The van der Waals surface area contributed by atoms with Crippen LogP contribution in [0.2, 0.25) is 0 Å². The van der Waals surface area contributed by atoms with Crippen molar-refractivity contribution in [2.45, 2.75) is 18.4 Å². The van der Waals surface area contributed by atoms with Gasteiger partial charge in [0.2, 0.25) is 0 Å². The fraction of sp³-hybridized carbons (Fsp3) is 0.571. The topological polar surface area (TPSA) is 35.5 Å². The predicted molar refractivity (Wildman–Crippen MR) is 68.1 cm³/mol. The molecule has 0 saturated carbocycles. The van der Waals surface area contributed by atoms with Crippen LogP contribution in [0.1, 0.15) is 11.1 Å². The van der Waals surface area contributed by atoms with Gasteiger partial charge in [-0.25, -0.2) is 0 Å². The van der Waals surface area contributed by atoms with Crippen molar-refractivity contribution in [3.05, 3.63) is 35.4 Å². The zero-order valence-corrected chi connectivity index (χ0v) is 10.2. The summed E-state index contributed by atoms with van der Waals surface area (Å²) >= 11 is 0. The lowest BCUT2D eigenvalue weighted by atomic mass is 9.99. The molecule has 1 heterocycles. The van der Waals surface area contributed by atoms with Crippen molar-refractivity contribution in [3.8, 4) is 0 Å². The Kier molecular flexibility index (Phi) is 2.90. The molecule has 3 heteroatoms. The molecular formula is C14H20N2O. The minimum atomic E-state index is -0.541. The molecule has 0 bridgehead atoms. The summed E-state index contributed by atoms with van der Waals surface area (Å²) in [5.41, 5.74) is 2.11. The molecule has 1 aromatic carbocycles. The second-order valence-electron chi connectivity index (χ2n) is 5.37. The van der Waals surface area contributed by atoms with E-state index in [1.54, 1.807) is 0 Å². The van der Waals surface area contributed by atoms with E-state index in [-0.39, 0.29) is 0 Å². The maximum Gasteiger partial charge on any atom is 0.0854 e. The zero-order chi connectivity index (χ0) is 11.7. The fourth-order valence-electron chi connectivity index (χ4n) is 3.07. The minimum Gasteiger partial charge on any atom is -0.388 e. The van der Waals surface area contributed by atoms with E-state index in [0.29, 0.717) is 0 Å². The highest BCUT2D eigenvalue weighted by atomic mass is 16.3. The number of nitrogens with zero attached hydrogens (tertiary/aromatic N) is 1. The van der Waals surface area contributed by atoms with Crippen LogP contribution in [-0.2, 0) is 12.8 Å². The first kappa shape index (κ1) is 11.2. The number of aliphatic hydroxyl groups is 1. The van der Waals surface area contributed by atoms with E-state index in [9.17, 15) is 5.11 Å². The first-order chi connectivity index (χ1) is 8.25. The highest BCUT2D eigenvalue weighted by Gasteiger charge is 2.36. The van der Waals surface area contributed by atoms with E-state index in [2.05, 4.69) is 34.5 Å². The van der Waals surface area contributed by atoms with Crippen LogP contribution in [0.4, 0.5) is 0 Å². The number of nitrogens with one attached hydrogen (secondary N) is 1. The molecule has 92 valence electrons. The third kappa shape index (κ3) is 2.37. The molecular weight excluding hydrogens is 212 g/mol. The summed E-state index contributed by atoms with van der Waals surface area (Å²) in [6.45, 7) is 5.01. The van der Waals surface area contributed by atoms with Gasteiger partial charge in [0.05, 0.1) is 5.60 Å². The highest BCUT2D eigenvalue weighted by molar-refractivity contribution is 5.35. The first-order valence-electron chi connectivity index (χ1n) is 6.47. The van der Waals surface area contributed by atoms with Crippen molar-refractivity contribution in [2.24, 2.45) is 0 Å². The Morgan fingerprint density at radius 2 is 1.71 bits per heavy atom. The average molecular weight is 232 g/mol. The number of β-amino-alcohol motifs (C(OH)–C–C–N with tert-alkyl or cyclic N) is 1. The van der Waals surface area contributed by atoms with Crippen LogP contribution in [0.15, 0.2) is 24.3 Å². The maximum absolute atomic E-state index is 10.7. The molecule has 1 aromatic rings. The Morgan fingerprint density at radius 1 is 1.12 bits per heavy atom. The van der Waals surface area contributed by atoms with Gasteiger partial charge in [-0.2, -0.15) is 0 Å². The van der Waals surface area contributed by atoms with Crippen LogP contribution < -0.4 is 5.32 Å². The maximum atomic E-state index is 10.7. The molecule has 0 spiro atoms. The van der Waals surface area contributed by atoms with E-state index in [1.165, 1.54) is 11.1 Å². The molecule has 0 unspecified atom stereocenters. The SMILES string of the molecule is OC1(CN2CCNCC2)Cc2ccccc2C1. The van der Waals surface area contributed by atoms with Gasteiger partial charge in [-0.05, 0) is 11.1 Å². The lowest BCUT2D eigenvalue weighted by molar-refractivity contribution is 0.00931. The lowest BCUT2D eigenvalue weighted by Crippen LogP contribution is -2.51. The van der Waals surface area contributed by atoms with E-state index in [0.717, 1.165) is 45.6 Å². The molecule has 2 aliphatic rings. The Labute approximate surface area is 102 Å². The summed E-state index contributed by atoms with van der Waals surface area (Å²) in [5, 5.41) is 14.0.